The second kappa shape index (κ2) is 2.93. The average Bonchev–Trinajstić information content (AvgIpc) is 2.07. The highest BCUT2D eigenvalue weighted by molar-refractivity contribution is 6.43. The number of halogens is 1. The highest BCUT2D eigenvalue weighted by Crippen LogP contribution is 2.28. The Balaban J connectivity index is 2.97. The SMILES string of the molecule is CC(O)C1=C(Cl)C(=O)CC1O. The molecule has 0 aromatic carbocycles. The average molecular weight is 177 g/mol. The van der Waals surface area contributed by atoms with E-state index in [1.165, 1.54) is 6.92 Å². The Morgan fingerprint density at radius 2 is 2.27 bits per heavy atom. The van der Waals surface area contributed by atoms with Crippen molar-refractivity contribution in [2.24, 2.45) is 0 Å². The summed E-state index contributed by atoms with van der Waals surface area (Å²) in [6.07, 6.45) is -1.74. The lowest BCUT2D eigenvalue weighted by molar-refractivity contribution is -0.115. The van der Waals surface area contributed by atoms with E-state index in [2.05, 4.69) is 0 Å². The Morgan fingerprint density at radius 1 is 1.73 bits per heavy atom. The molecule has 2 N–H and O–H groups in total. The fraction of sp³-hybridized carbons (Fsp3) is 0.571. The van der Waals surface area contributed by atoms with Crippen LogP contribution >= 0.6 is 11.6 Å². The van der Waals surface area contributed by atoms with Crippen LogP contribution in [0.1, 0.15) is 13.3 Å². The Bertz CT molecular complexity index is 220. The molecule has 0 saturated carbocycles. The van der Waals surface area contributed by atoms with Gasteiger partial charge in [-0.1, -0.05) is 11.6 Å². The Morgan fingerprint density at radius 3 is 2.45 bits per heavy atom. The first-order valence-corrected chi connectivity index (χ1v) is 3.70. The van der Waals surface area contributed by atoms with Crippen molar-refractivity contribution in [1.29, 1.82) is 0 Å². The van der Waals surface area contributed by atoms with E-state index in [1.54, 1.807) is 0 Å². The van der Waals surface area contributed by atoms with Crippen LogP contribution in [0.25, 0.3) is 0 Å². The molecule has 4 heteroatoms. The van der Waals surface area contributed by atoms with Crippen LogP contribution in [0.2, 0.25) is 0 Å². The van der Waals surface area contributed by atoms with Crippen LogP contribution in [0.3, 0.4) is 0 Å². The van der Waals surface area contributed by atoms with Gasteiger partial charge in [0.1, 0.15) is 0 Å². The van der Waals surface area contributed by atoms with Gasteiger partial charge in [0, 0.05) is 12.0 Å². The summed E-state index contributed by atoms with van der Waals surface area (Å²) in [4.78, 5) is 10.8. The molecule has 0 aromatic heterocycles. The van der Waals surface area contributed by atoms with Crippen molar-refractivity contribution in [3.8, 4) is 0 Å². The van der Waals surface area contributed by atoms with Crippen molar-refractivity contribution < 1.29 is 15.0 Å². The van der Waals surface area contributed by atoms with Crippen molar-refractivity contribution >= 4 is 17.4 Å². The van der Waals surface area contributed by atoms with Gasteiger partial charge in [0.15, 0.2) is 5.78 Å². The molecule has 0 heterocycles. The van der Waals surface area contributed by atoms with Crippen LogP contribution < -0.4 is 0 Å². The molecule has 0 fully saturated rings. The van der Waals surface area contributed by atoms with Crippen LogP contribution in [0.5, 0.6) is 0 Å². The second-order valence-corrected chi connectivity index (χ2v) is 2.97. The third-order valence-corrected chi connectivity index (χ3v) is 2.12. The molecule has 0 amide bonds. The summed E-state index contributed by atoms with van der Waals surface area (Å²) in [5.41, 5.74) is 0.247. The van der Waals surface area contributed by atoms with E-state index >= 15 is 0 Å². The lowest BCUT2D eigenvalue weighted by Crippen LogP contribution is -2.15. The van der Waals surface area contributed by atoms with Crippen molar-refractivity contribution in [3.05, 3.63) is 10.6 Å². The van der Waals surface area contributed by atoms with Gasteiger partial charge in [-0.25, -0.2) is 0 Å². The first-order valence-electron chi connectivity index (χ1n) is 3.33. The number of aliphatic hydroxyl groups excluding tert-OH is 2. The molecule has 1 aliphatic rings. The zero-order valence-corrected chi connectivity index (χ0v) is 6.80. The maximum atomic E-state index is 10.8. The summed E-state index contributed by atoms with van der Waals surface area (Å²) in [6, 6.07) is 0. The molecular formula is C7H9ClO3. The molecule has 0 bridgehead atoms. The molecule has 0 radical (unpaired) electrons. The van der Waals surface area contributed by atoms with Gasteiger partial charge in [-0.2, -0.15) is 0 Å². The summed E-state index contributed by atoms with van der Waals surface area (Å²) in [5, 5.41) is 18.2. The molecule has 11 heavy (non-hydrogen) atoms. The smallest absolute Gasteiger partial charge is 0.177 e. The number of aliphatic hydroxyl groups is 2. The number of Topliss-reactive ketones (excluding diaryl/α,β-unsaturated/α-hetero) is 1. The fourth-order valence-corrected chi connectivity index (χ4v) is 1.51. The van der Waals surface area contributed by atoms with Crippen LogP contribution in [0.4, 0.5) is 0 Å². The summed E-state index contributed by atoms with van der Waals surface area (Å²) in [7, 11) is 0. The van der Waals surface area contributed by atoms with E-state index in [4.69, 9.17) is 16.7 Å². The van der Waals surface area contributed by atoms with Gasteiger partial charge in [0.05, 0.1) is 17.2 Å². The molecule has 0 aliphatic heterocycles. The normalized spacial score (nSPS) is 28.0. The van der Waals surface area contributed by atoms with Crippen molar-refractivity contribution in [2.75, 3.05) is 0 Å². The largest absolute Gasteiger partial charge is 0.389 e. The predicted octanol–water partition coefficient (Wildman–Crippen LogP) is 0.194. The van der Waals surface area contributed by atoms with Gasteiger partial charge in [-0.15, -0.1) is 0 Å². The number of rotatable bonds is 1. The molecule has 1 aliphatic carbocycles. The molecule has 0 aromatic rings. The summed E-state index contributed by atoms with van der Waals surface area (Å²) in [5.74, 6) is -0.296. The van der Waals surface area contributed by atoms with Gasteiger partial charge in [0.25, 0.3) is 0 Å². The van der Waals surface area contributed by atoms with Crippen LogP contribution in [0.15, 0.2) is 10.6 Å². The molecule has 3 nitrogen and oxygen atoms in total. The van der Waals surface area contributed by atoms with Crippen LogP contribution in [-0.2, 0) is 4.79 Å². The number of hydrogen-bond acceptors (Lipinski definition) is 3. The summed E-state index contributed by atoms with van der Waals surface area (Å²) >= 11 is 5.53. The minimum absolute atomic E-state index is 0.000926. The third-order valence-electron chi connectivity index (χ3n) is 1.69. The maximum absolute atomic E-state index is 10.8. The lowest BCUT2D eigenvalue weighted by atomic mass is 10.1. The summed E-state index contributed by atoms with van der Waals surface area (Å²) < 4.78 is 0. The minimum atomic E-state index is -0.894. The highest BCUT2D eigenvalue weighted by Gasteiger charge is 2.31. The van der Waals surface area contributed by atoms with Gasteiger partial charge in [0.2, 0.25) is 0 Å². The standard InChI is InChI=1S/C7H9ClO3/c1-3(9)6-4(10)2-5(11)7(6)8/h3-4,9-10H,2H2,1H3. The Kier molecular flexibility index (Phi) is 2.32. The molecule has 2 unspecified atom stereocenters. The van der Waals surface area contributed by atoms with Crippen LogP contribution in [0, 0.1) is 0 Å². The second-order valence-electron chi connectivity index (χ2n) is 2.59. The summed E-state index contributed by atoms with van der Waals surface area (Å²) in [6.45, 7) is 1.47. The number of allylic oxidation sites excluding steroid dienone is 1. The molecule has 2 atom stereocenters. The number of ketones is 1. The minimum Gasteiger partial charge on any atom is -0.389 e. The first-order chi connectivity index (χ1) is 5.04. The molecule has 0 saturated heterocycles. The lowest BCUT2D eigenvalue weighted by Gasteiger charge is -2.09. The molecule has 0 spiro atoms. The number of hydrogen-bond donors (Lipinski definition) is 2. The third kappa shape index (κ3) is 1.45. The van der Waals surface area contributed by atoms with E-state index in [0.717, 1.165) is 0 Å². The maximum Gasteiger partial charge on any atom is 0.177 e. The van der Waals surface area contributed by atoms with E-state index in [0.29, 0.717) is 0 Å². The van der Waals surface area contributed by atoms with Gasteiger partial charge < -0.3 is 10.2 Å². The van der Waals surface area contributed by atoms with E-state index in [1.807, 2.05) is 0 Å². The molecular weight excluding hydrogens is 168 g/mol. The van der Waals surface area contributed by atoms with Gasteiger partial charge in [-0.05, 0) is 6.92 Å². The predicted molar refractivity (Wildman–Crippen MR) is 40.2 cm³/mol. The van der Waals surface area contributed by atoms with Crippen molar-refractivity contribution in [1.82, 2.24) is 0 Å². The first kappa shape index (κ1) is 8.71. The van der Waals surface area contributed by atoms with Crippen LogP contribution in [-0.4, -0.2) is 28.2 Å². The van der Waals surface area contributed by atoms with Crippen molar-refractivity contribution in [3.63, 3.8) is 0 Å². The molecule has 1 rings (SSSR count). The Hall–Kier alpha value is -0.380. The Labute approximate surface area is 69.3 Å². The number of carbonyl (C=O) groups excluding carboxylic acids is 1. The number of carbonyl (C=O) groups is 1. The van der Waals surface area contributed by atoms with Gasteiger partial charge >= 0.3 is 0 Å². The highest BCUT2D eigenvalue weighted by atomic mass is 35.5. The van der Waals surface area contributed by atoms with E-state index in [9.17, 15) is 9.90 Å². The monoisotopic (exact) mass is 176 g/mol. The van der Waals surface area contributed by atoms with Crippen molar-refractivity contribution in [2.45, 2.75) is 25.6 Å². The van der Waals surface area contributed by atoms with E-state index < -0.39 is 12.2 Å². The topological polar surface area (TPSA) is 57.5 Å². The zero-order chi connectivity index (χ0) is 8.59. The molecule has 62 valence electrons. The van der Waals surface area contributed by atoms with E-state index in [-0.39, 0.29) is 22.8 Å². The van der Waals surface area contributed by atoms with Gasteiger partial charge in [-0.3, -0.25) is 4.79 Å². The quantitative estimate of drug-likeness (QED) is 0.600. The zero-order valence-electron chi connectivity index (χ0n) is 6.04. The fourth-order valence-electron chi connectivity index (χ4n) is 1.14.